The van der Waals surface area contributed by atoms with Gasteiger partial charge in [-0.05, 0) is 48.6 Å². The molecule has 1 atom stereocenters. The molecule has 5 rings (SSSR count). The fraction of sp³-hybridized carbons (Fsp3) is 0.400. The molecule has 7 heteroatoms. The van der Waals surface area contributed by atoms with Crippen molar-refractivity contribution in [3.05, 3.63) is 53.2 Å². The molecule has 2 aromatic rings. The lowest BCUT2D eigenvalue weighted by Crippen LogP contribution is -2.36. The van der Waals surface area contributed by atoms with Gasteiger partial charge in [0.15, 0.2) is 11.6 Å². The summed E-state index contributed by atoms with van der Waals surface area (Å²) in [4.78, 5) is 33.6. The standard InChI is InChI=1S/C25H27N3O4/c1-16-12-21(25(30)31-2)19-7-6-18(14-20(16)19)28-10-11-32-22-13-17(15-26-23(22)28)24(29)27-8-4-3-5-9-27/h6-7,12-16H,3-5,8-11H2,1-2H3. The Kier molecular flexibility index (Phi) is 5.33. The van der Waals surface area contributed by atoms with Crippen molar-refractivity contribution in [2.24, 2.45) is 0 Å². The number of amides is 1. The van der Waals surface area contributed by atoms with Gasteiger partial charge in [-0.25, -0.2) is 9.78 Å². The number of hydrogen-bond donors (Lipinski definition) is 0. The lowest BCUT2D eigenvalue weighted by atomic mass is 10.00. The van der Waals surface area contributed by atoms with E-state index in [2.05, 4.69) is 22.9 Å². The zero-order valence-corrected chi connectivity index (χ0v) is 18.5. The van der Waals surface area contributed by atoms with Gasteiger partial charge in [0.05, 0.1) is 24.8 Å². The molecule has 1 fully saturated rings. The normalized spacial score (nSPS) is 19.6. The number of aromatic nitrogens is 1. The van der Waals surface area contributed by atoms with Gasteiger partial charge in [-0.3, -0.25) is 4.79 Å². The van der Waals surface area contributed by atoms with Gasteiger partial charge in [-0.1, -0.05) is 19.1 Å². The molecule has 0 spiro atoms. The fourth-order valence-corrected chi connectivity index (χ4v) is 4.80. The first kappa shape index (κ1) is 20.5. The smallest absolute Gasteiger partial charge is 0.338 e. The van der Waals surface area contributed by atoms with Crippen LogP contribution in [-0.2, 0) is 9.53 Å². The van der Waals surface area contributed by atoms with E-state index in [9.17, 15) is 9.59 Å². The van der Waals surface area contributed by atoms with E-state index < -0.39 is 0 Å². The number of rotatable bonds is 3. The number of pyridine rings is 1. The highest BCUT2D eigenvalue weighted by atomic mass is 16.5. The highest BCUT2D eigenvalue weighted by Gasteiger charge is 2.29. The van der Waals surface area contributed by atoms with Gasteiger partial charge < -0.3 is 19.3 Å². The monoisotopic (exact) mass is 433 g/mol. The Morgan fingerprint density at radius 1 is 1.12 bits per heavy atom. The third kappa shape index (κ3) is 3.51. The number of nitrogens with zero attached hydrogens (tertiary/aromatic N) is 3. The summed E-state index contributed by atoms with van der Waals surface area (Å²) < 4.78 is 10.8. The third-order valence-electron chi connectivity index (χ3n) is 6.50. The number of methoxy groups -OCH3 is 1. The van der Waals surface area contributed by atoms with Crippen molar-refractivity contribution >= 4 is 29.0 Å². The summed E-state index contributed by atoms with van der Waals surface area (Å²) in [6, 6.07) is 7.89. The number of carbonyl (C=O) groups is 2. The Hall–Kier alpha value is -3.35. The highest BCUT2D eigenvalue weighted by molar-refractivity contribution is 6.18. The summed E-state index contributed by atoms with van der Waals surface area (Å²) in [7, 11) is 1.40. The average molecular weight is 434 g/mol. The molecule has 0 N–H and O–H groups in total. The number of ether oxygens (including phenoxy) is 2. The first-order chi connectivity index (χ1) is 15.6. The van der Waals surface area contributed by atoms with E-state index in [1.54, 1.807) is 6.20 Å². The summed E-state index contributed by atoms with van der Waals surface area (Å²) in [5, 5.41) is 0. The summed E-state index contributed by atoms with van der Waals surface area (Å²) >= 11 is 0. The maximum Gasteiger partial charge on any atom is 0.338 e. The van der Waals surface area contributed by atoms with E-state index in [0.717, 1.165) is 42.7 Å². The second kappa shape index (κ2) is 8.30. The van der Waals surface area contributed by atoms with Gasteiger partial charge >= 0.3 is 5.97 Å². The SMILES string of the molecule is COC(=O)C1=CC(C)c2cc(N3CCOc4cc(C(=O)N5CCCCC5)cnc43)ccc21. The van der Waals surface area contributed by atoms with Crippen LogP contribution in [0.5, 0.6) is 5.75 Å². The molecule has 1 saturated heterocycles. The Morgan fingerprint density at radius 2 is 1.94 bits per heavy atom. The van der Waals surface area contributed by atoms with E-state index in [0.29, 0.717) is 35.9 Å². The van der Waals surface area contributed by atoms with Crippen molar-refractivity contribution < 1.29 is 19.1 Å². The largest absolute Gasteiger partial charge is 0.488 e. The van der Waals surface area contributed by atoms with Crippen molar-refractivity contribution in [1.29, 1.82) is 0 Å². The van der Waals surface area contributed by atoms with Gasteiger partial charge in [0.2, 0.25) is 0 Å². The van der Waals surface area contributed by atoms with Crippen LogP contribution in [0.15, 0.2) is 36.5 Å². The Balaban J connectivity index is 1.43. The third-order valence-corrected chi connectivity index (χ3v) is 6.50. The molecule has 1 aromatic carbocycles. The molecule has 166 valence electrons. The van der Waals surface area contributed by atoms with Crippen LogP contribution < -0.4 is 9.64 Å². The fourth-order valence-electron chi connectivity index (χ4n) is 4.80. The number of anilines is 2. The van der Waals surface area contributed by atoms with Gasteiger partial charge in [-0.2, -0.15) is 0 Å². The molecule has 3 aliphatic rings. The van der Waals surface area contributed by atoms with E-state index in [1.165, 1.54) is 13.5 Å². The number of likely N-dealkylation sites (tertiary alicyclic amines) is 1. The molecule has 0 saturated carbocycles. The van der Waals surface area contributed by atoms with E-state index in [-0.39, 0.29) is 17.8 Å². The molecule has 1 unspecified atom stereocenters. The maximum atomic E-state index is 12.9. The molecule has 1 aromatic heterocycles. The van der Waals surface area contributed by atoms with Crippen LogP contribution in [-0.4, -0.2) is 55.1 Å². The molecular formula is C25H27N3O4. The van der Waals surface area contributed by atoms with Crippen molar-refractivity contribution in [2.45, 2.75) is 32.1 Å². The predicted octanol–water partition coefficient (Wildman–Crippen LogP) is 3.91. The topological polar surface area (TPSA) is 72.0 Å². The molecule has 1 amide bonds. The number of carbonyl (C=O) groups excluding carboxylic acids is 2. The minimum atomic E-state index is -0.312. The maximum absolute atomic E-state index is 12.9. The minimum absolute atomic E-state index is 0.0218. The lowest BCUT2D eigenvalue weighted by Gasteiger charge is -2.31. The molecular weight excluding hydrogens is 406 g/mol. The number of hydrogen-bond acceptors (Lipinski definition) is 6. The van der Waals surface area contributed by atoms with E-state index in [1.807, 2.05) is 29.2 Å². The second-order valence-electron chi connectivity index (χ2n) is 8.53. The Morgan fingerprint density at radius 3 is 2.72 bits per heavy atom. The van der Waals surface area contributed by atoms with Crippen LogP contribution in [0, 0.1) is 0 Å². The number of benzene rings is 1. The van der Waals surface area contributed by atoms with Crippen molar-refractivity contribution in [2.75, 3.05) is 38.3 Å². The Bertz CT molecular complexity index is 1100. The molecule has 7 nitrogen and oxygen atoms in total. The van der Waals surface area contributed by atoms with Crippen LogP contribution >= 0.6 is 0 Å². The summed E-state index contributed by atoms with van der Waals surface area (Å²) in [6.07, 6.45) is 6.89. The number of esters is 1. The van der Waals surface area contributed by atoms with Crippen LogP contribution in [0.4, 0.5) is 11.5 Å². The van der Waals surface area contributed by atoms with Gasteiger partial charge in [0, 0.05) is 30.9 Å². The van der Waals surface area contributed by atoms with E-state index in [4.69, 9.17) is 9.47 Å². The van der Waals surface area contributed by atoms with Crippen LogP contribution in [0.3, 0.4) is 0 Å². The van der Waals surface area contributed by atoms with Crippen LogP contribution in [0.25, 0.3) is 5.57 Å². The number of piperidine rings is 1. The predicted molar refractivity (Wildman–Crippen MR) is 121 cm³/mol. The van der Waals surface area contributed by atoms with E-state index >= 15 is 0 Å². The van der Waals surface area contributed by atoms with Gasteiger partial charge in [0.25, 0.3) is 5.91 Å². The summed E-state index contributed by atoms with van der Waals surface area (Å²) in [6.45, 7) is 4.84. The molecule has 2 aliphatic heterocycles. The average Bonchev–Trinajstić information content (AvgIpc) is 3.18. The summed E-state index contributed by atoms with van der Waals surface area (Å²) in [5.74, 6) is 1.16. The second-order valence-corrected chi connectivity index (χ2v) is 8.53. The van der Waals surface area contributed by atoms with Gasteiger partial charge in [-0.15, -0.1) is 0 Å². The molecule has 0 bridgehead atoms. The minimum Gasteiger partial charge on any atom is -0.488 e. The van der Waals surface area contributed by atoms with Crippen LogP contribution in [0.1, 0.15) is 53.6 Å². The highest BCUT2D eigenvalue weighted by Crippen LogP contribution is 2.41. The molecule has 3 heterocycles. The zero-order chi connectivity index (χ0) is 22.2. The van der Waals surface area contributed by atoms with Crippen LogP contribution in [0.2, 0.25) is 0 Å². The molecule has 32 heavy (non-hydrogen) atoms. The van der Waals surface area contributed by atoms with Crippen molar-refractivity contribution in [3.63, 3.8) is 0 Å². The zero-order valence-electron chi connectivity index (χ0n) is 18.5. The lowest BCUT2D eigenvalue weighted by molar-refractivity contribution is -0.133. The first-order valence-electron chi connectivity index (χ1n) is 11.2. The first-order valence-corrected chi connectivity index (χ1v) is 11.2. The summed E-state index contributed by atoms with van der Waals surface area (Å²) in [5.41, 5.74) is 4.18. The quantitative estimate of drug-likeness (QED) is 0.684. The van der Waals surface area contributed by atoms with Gasteiger partial charge in [0.1, 0.15) is 6.61 Å². The van der Waals surface area contributed by atoms with Crippen molar-refractivity contribution in [1.82, 2.24) is 9.88 Å². The number of allylic oxidation sites excluding steroid dienone is 1. The molecule has 0 radical (unpaired) electrons. The Labute approximate surface area is 187 Å². The number of fused-ring (bicyclic) bond motifs is 2. The molecule has 1 aliphatic carbocycles. The van der Waals surface area contributed by atoms with Crippen molar-refractivity contribution in [3.8, 4) is 5.75 Å².